The monoisotopic (exact) mass is 451 g/mol. The number of hydrogen-bond acceptors (Lipinski definition) is 6. The molecule has 0 aromatic heterocycles. The van der Waals surface area contributed by atoms with Crippen molar-refractivity contribution in [3.05, 3.63) is 65.5 Å². The highest BCUT2D eigenvalue weighted by Crippen LogP contribution is 2.46. The van der Waals surface area contributed by atoms with Gasteiger partial charge in [0.25, 0.3) is 5.91 Å². The number of fused-ring (bicyclic) bond motifs is 3. The maximum atomic E-state index is 14.2. The fraction of sp³-hybridized carbons (Fsp3) is 0.217. The molecule has 0 fully saturated rings. The lowest BCUT2D eigenvalue weighted by Crippen LogP contribution is -2.49. The molecule has 2 aliphatic heterocycles. The second-order valence-corrected chi connectivity index (χ2v) is 7.45. The minimum atomic E-state index is -0.855. The molecule has 2 heterocycles. The summed E-state index contributed by atoms with van der Waals surface area (Å²) in [6.07, 6.45) is -0.0365. The average molecular weight is 451 g/mol. The molecule has 0 saturated heterocycles. The van der Waals surface area contributed by atoms with Crippen LogP contribution in [0, 0.1) is 23.0 Å². The Kier molecular flexibility index (Phi) is 5.79. The molecule has 0 spiro atoms. The number of para-hydroxylation sites is 1. The third-order valence-electron chi connectivity index (χ3n) is 5.37. The molecule has 2 amide bonds. The third-order valence-corrected chi connectivity index (χ3v) is 5.37. The summed E-state index contributed by atoms with van der Waals surface area (Å²) in [5.74, 6) is -3.02. The van der Waals surface area contributed by atoms with Crippen molar-refractivity contribution in [3.63, 3.8) is 0 Å². The standard InChI is InChI=1S/C23H19F2N5O3/c1-14(31)29(11-4-10-26)30-19-13-15(24)7-8-18(19)28-12-9-20(32)21(23(28)30)22(33)27-17-6-3-2-5-16(17)25/h2-3,5-8,13H,4,9,11-12H2,1H3,(H,27,33). The van der Waals surface area contributed by atoms with E-state index in [1.54, 1.807) is 4.90 Å². The molecule has 0 aliphatic carbocycles. The molecule has 168 valence electrons. The van der Waals surface area contributed by atoms with E-state index in [1.165, 1.54) is 59.4 Å². The van der Waals surface area contributed by atoms with Gasteiger partial charge in [0, 0.05) is 26.0 Å². The molecule has 0 saturated carbocycles. The van der Waals surface area contributed by atoms with E-state index in [-0.39, 0.29) is 48.7 Å². The number of nitrogens with zero attached hydrogens (tertiary/aromatic N) is 4. The topological polar surface area (TPSA) is 96.7 Å². The molecule has 2 aliphatic rings. The second kappa shape index (κ2) is 8.70. The third kappa shape index (κ3) is 3.89. The van der Waals surface area contributed by atoms with Gasteiger partial charge < -0.3 is 10.2 Å². The minimum Gasteiger partial charge on any atom is -0.323 e. The van der Waals surface area contributed by atoms with Crippen molar-refractivity contribution in [2.45, 2.75) is 19.8 Å². The zero-order valence-corrected chi connectivity index (χ0v) is 17.6. The summed E-state index contributed by atoms with van der Waals surface area (Å²) in [6, 6.07) is 11.4. The summed E-state index contributed by atoms with van der Waals surface area (Å²) < 4.78 is 28.3. The molecule has 0 bridgehead atoms. The highest BCUT2D eigenvalue weighted by atomic mass is 19.1. The molecule has 10 heteroatoms. The number of anilines is 3. The summed E-state index contributed by atoms with van der Waals surface area (Å²) in [7, 11) is 0. The Morgan fingerprint density at radius 3 is 2.64 bits per heavy atom. The maximum absolute atomic E-state index is 14.2. The number of nitriles is 1. The normalized spacial score (nSPS) is 14.5. The number of carbonyl (C=O) groups is 3. The highest BCUT2D eigenvalue weighted by Gasteiger charge is 2.44. The Balaban J connectivity index is 1.89. The second-order valence-electron chi connectivity index (χ2n) is 7.45. The van der Waals surface area contributed by atoms with Gasteiger partial charge in [0.15, 0.2) is 5.78 Å². The number of ketones is 1. The van der Waals surface area contributed by atoms with E-state index in [9.17, 15) is 23.2 Å². The Morgan fingerprint density at radius 2 is 1.94 bits per heavy atom. The number of hydrogen-bond donors (Lipinski definition) is 1. The quantitative estimate of drug-likeness (QED) is 0.702. The van der Waals surface area contributed by atoms with E-state index in [1.807, 2.05) is 6.07 Å². The zero-order valence-electron chi connectivity index (χ0n) is 17.6. The molecular weight excluding hydrogens is 432 g/mol. The lowest BCUT2D eigenvalue weighted by atomic mass is 10.0. The number of Topliss-reactive ketones (excluding diaryl/α,β-unsaturated/α-hetero) is 1. The van der Waals surface area contributed by atoms with E-state index in [0.29, 0.717) is 5.69 Å². The van der Waals surface area contributed by atoms with Crippen LogP contribution in [0.5, 0.6) is 0 Å². The van der Waals surface area contributed by atoms with Crippen LogP contribution >= 0.6 is 0 Å². The van der Waals surface area contributed by atoms with Crippen LogP contribution in [0.3, 0.4) is 0 Å². The summed E-state index contributed by atoms with van der Waals surface area (Å²) in [5, 5.41) is 13.9. The number of carbonyl (C=O) groups excluding carboxylic acids is 3. The van der Waals surface area contributed by atoms with Crippen LogP contribution in [-0.2, 0) is 14.4 Å². The highest BCUT2D eigenvalue weighted by molar-refractivity contribution is 6.26. The Hall–Kier alpha value is -4.26. The number of rotatable bonds is 5. The van der Waals surface area contributed by atoms with Crippen LogP contribution in [0.1, 0.15) is 19.8 Å². The van der Waals surface area contributed by atoms with Gasteiger partial charge in [-0.05, 0) is 24.3 Å². The Bertz CT molecular complexity index is 1240. The van der Waals surface area contributed by atoms with Crippen molar-refractivity contribution >= 4 is 34.7 Å². The summed E-state index contributed by atoms with van der Waals surface area (Å²) >= 11 is 0. The molecule has 0 unspecified atom stereocenters. The van der Waals surface area contributed by atoms with Crippen LogP contribution < -0.4 is 15.2 Å². The number of nitrogens with one attached hydrogen (secondary N) is 1. The zero-order chi connectivity index (χ0) is 23.7. The summed E-state index contributed by atoms with van der Waals surface area (Å²) in [6.45, 7) is 1.42. The van der Waals surface area contributed by atoms with Crippen molar-refractivity contribution in [1.82, 2.24) is 5.01 Å². The van der Waals surface area contributed by atoms with Gasteiger partial charge in [-0.25, -0.2) is 18.8 Å². The average Bonchev–Trinajstić information content (AvgIpc) is 3.08. The van der Waals surface area contributed by atoms with Crippen LogP contribution in [0.4, 0.5) is 25.8 Å². The van der Waals surface area contributed by atoms with Crippen LogP contribution in [-0.4, -0.2) is 35.7 Å². The molecule has 8 nitrogen and oxygen atoms in total. The molecule has 2 aromatic rings. The smallest absolute Gasteiger partial charge is 0.263 e. The van der Waals surface area contributed by atoms with Gasteiger partial charge in [-0.15, -0.1) is 0 Å². The summed E-state index contributed by atoms with van der Waals surface area (Å²) in [4.78, 5) is 40.3. The van der Waals surface area contributed by atoms with E-state index in [2.05, 4.69) is 5.32 Å². The van der Waals surface area contributed by atoms with Gasteiger partial charge in [0.05, 0.1) is 36.1 Å². The van der Waals surface area contributed by atoms with Crippen molar-refractivity contribution in [2.24, 2.45) is 0 Å². The number of amides is 2. The van der Waals surface area contributed by atoms with Gasteiger partial charge in [-0.2, -0.15) is 5.26 Å². The molecule has 2 aromatic carbocycles. The first kappa shape index (κ1) is 22.0. The van der Waals surface area contributed by atoms with Gasteiger partial charge in [-0.3, -0.25) is 14.4 Å². The van der Waals surface area contributed by atoms with Gasteiger partial charge in [0.1, 0.15) is 23.0 Å². The molecule has 0 atom stereocenters. The minimum absolute atomic E-state index is 0.00749. The number of hydrazine groups is 1. The van der Waals surface area contributed by atoms with Crippen LogP contribution in [0.25, 0.3) is 0 Å². The van der Waals surface area contributed by atoms with Crippen LogP contribution in [0.15, 0.2) is 53.9 Å². The summed E-state index contributed by atoms with van der Waals surface area (Å²) in [5.41, 5.74) is 0.355. The van der Waals surface area contributed by atoms with E-state index >= 15 is 0 Å². The van der Waals surface area contributed by atoms with E-state index in [0.717, 1.165) is 0 Å². The maximum Gasteiger partial charge on any atom is 0.263 e. The SMILES string of the molecule is CC(=O)N(CCC#N)N1C2=C(C(=O)Nc3ccccc3F)C(=O)CCN2c2ccc(F)cc21. The number of benzene rings is 2. The first-order valence-corrected chi connectivity index (χ1v) is 10.2. The first-order valence-electron chi connectivity index (χ1n) is 10.2. The Labute approximate surface area is 188 Å². The first-order chi connectivity index (χ1) is 15.8. The lowest BCUT2D eigenvalue weighted by Gasteiger charge is -2.36. The molecule has 0 radical (unpaired) electrons. The van der Waals surface area contributed by atoms with Gasteiger partial charge >= 0.3 is 0 Å². The lowest BCUT2D eigenvalue weighted by molar-refractivity contribution is -0.129. The van der Waals surface area contributed by atoms with E-state index in [4.69, 9.17) is 5.26 Å². The van der Waals surface area contributed by atoms with Crippen molar-refractivity contribution < 1.29 is 23.2 Å². The van der Waals surface area contributed by atoms with Crippen LogP contribution in [0.2, 0.25) is 0 Å². The van der Waals surface area contributed by atoms with E-state index < -0.39 is 29.2 Å². The molecule has 33 heavy (non-hydrogen) atoms. The predicted octanol–water partition coefficient (Wildman–Crippen LogP) is 3.09. The van der Waals surface area contributed by atoms with Crippen molar-refractivity contribution in [1.29, 1.82) is 5.26 Å². The van der Waals surface area contributed by atoms with Gasteiger partial charge in [-0.1, -0.05) is 12.1 Å². The fourth-order valence-corrected chi connectivity index (χ4v) is 3.94. The molecule has 4 rings (SSSR count). The fourth-order valence-electron chi connectivity index (χ4n) is 3.94. The van der Waals surface area contributed by atoms with Crippen molar-refractivity contribution in [3.8, 4) is 6.07 Å². The van der Waals surface area contributed by atoms with Gasteiger partial charge in [0.2, 0.25) is 5.91 Å². The predicted molar refractivity (Wildman–Crippen MR) is 116 cm³/mol. The Morgan fingerprint density at radius 1 is 1.18 bits per heavy atom. The number of halogens is 2. The largest absolute Gasteiger partial charge is 0.323 e. The molecular formula is C23H19F2N5O3. The van der Waals surface area contributed by atoms with Crippen molar-refractivity contribution in [2.75, 3.05) is 28.3 Å². The molecule has 1 N–H and O–H groups in total.